The summed E-state index contributed by atoms with van der Waals surface area (Å²) in [7, 11) is 0. The summed E-state index contributed by atoms with van der Waals surface area (Å²) in [5, 5.41) is 14.0. The molecule has 2 aromatic carbocycles. The fourth-order valence-corrected chi connectivity index (χ4v) is 2.90. The number of nitrogens with zero attached hydrogens (tertiary/aromatic N) is 3. The third-order valence-corrected chi connectivity index (χ3v) is 4.60. The highest BCUT2D eigenvalue weighted by molar-refractivity contribution is 6.05. The first-order chi connectivity index (χ1) is 13.6. The van der Waals surface area contributed by atoms with Crippen LogP contribution in [0.2, 0.25) is 0 Å². The number of amides is 2. The number of carbonyl (C=O) groups excluding carboxylic acids is 2. The van der Waals surface area contributed by atoms with Crippen molar-refractivity contribution in [1.29, 1.82) is 0 Å². The Balaban J connectivity index is 1.50. The van der Waals surface area contributed by atoms with Gasteiger partial charge < -0.3 is 10.6 Å². The Bertz CT molecular complexity index is 1010. The molecule has 2 N–H and O–H groups in total. The lowest BCUT2D eigenvalue weighted by Gasteiger charge is -2.09. The standard InChI is InChI=1S/C21H21N5O2/c1-14-7-8-15(11-18(14)21(28)23-16-5-3-2-4-6-16)19-12-26(25-24-19)13-20(27)22-17-9-10-17/h2-8,11-12,17H,9-10,13H2,1H3,(H,22,27)(H,23,28). The van der Waals surface area contributed by atoms with Gasteiger partial charge in [-0.3, -0.25) is 9.59 Å². The normalized spacial score (nSPS) is 13.2. The van der Waals surface area contributed by atoms with E-state index in [1.807, 2.05) is 49.4 Å². The molecule has 1 heterocycles. The molecule has 142 valence electrons. The molecule has 0 bridgehead atoms. The second kappa shape index (κ2) is 7.64. The molecule has 1 aliphatic carbocycles. The summed E-state index contributed by atoms with van der Waals surface area (Å²) < 4.78 is 1.51. The fraction of sp³-hybridized carbons (Fsp3) is 0.238. The Morgan fingerprint density at radius 3 is 2.68 bits per heavy atom. The minimum atomic E-state index is -0.179. The summed E-state index contributed by atoms with van der Waals surface area (Å²) in [6.07, 6.45) is 3.81. The van der Waals surface area contributed by atoms with Crippen molar-refractivity contribution in [2.24, 2.45) is 0 Å². The Morgan fingerprint density at radius 2 is 1.93 bits per heavy atom. The summed E-state index contributed by atoms with van der Waals surface area (Å²) in [4.78, 5) is 24.6. The zero-order chi connectivity index (χ0) is 19.5. The number of aromatic nitrogens is 3. The predicted molar refractivity (Wildman–Crippen MR) is 106 cm³/mol. The molecule has 4 rings (SSSR count). The van der Waals surface area contributed by atoms with Gasteiger partial charge in [-0.25, -0.2) is 4.68 Å². The molecule has 28 heavy (non-hydrogen) atoms. The minimum absolute atomic E-state index is 0.0641. The lowest BCUT2D eigenvalue weighted by Crippen LogP contribution is -2.29. The highest BCUT2D eigenvalue weighted by Gasteiger charge is 2.23. The van der Waals surface area contributed by atoms with Gasteiger partial charge in [0, 0.05) is 22.9 Å². The zero-order valence-electron chi connectivity index (χ0n) is 15.6. The Labute approximate surface area is 162 Å². The molecule has 7 nitrogen and oxygen atoms in total. The van der Waals surface area contributed by atoms with E-state index in [2.05, 4.69) is 20.9 Å². The van der Waals surface area contributed by atoms with Gasteiger partial charge in [-0.05, 0) is 43.5 Å². The van der Waals surface area contributed by atoms with E-state index in [9.17, 15) is 9.59 Å². The SMILES string of the molecule is Cc1ccc(-c2cn(CC(=O)NC3CC3)nn2)cc1C(=O)Nc1ccccc1. The average molecular weight is 375 g/mol. The van der Waals surface area contributed by atoms with Crippen LogP contribution in [0.3, 0.4) is 0 Å². The number of hydrogen-bond acceptors (Lipinski definition) is 4. The van der Waals surface area contributed by atoms with Crippen LogP contribution in [0.4, 0.5) is 5.69 Å². The molecule has 0 saturated heterocycles. The van der Waals surface area contributed by atoms with Crippen molar-refractivity contribution in [2.75, 3.05) is 5.32 Å². The summed E-state index contributed by atoms with van der Waals surface area (Å²) in [5.74, 6) is -0.243. The number of aryl methyl sites for hydroxylation is 1. The number of rotatable bonds is 6. The molecule has 1 aliphatic rings. The van der Waals surface area contributed by atoms with Gasteiger partial charge in [0.05, 0.1) is 6.20 Å². The van der Waals surface area contributed by atoms with E-state index in [1.54, 1.807) is 12.3 Å². The molecule has 1 fully saturated rings. The van der Waals surface area contributed by atoms with Gasteiger partial charge in [-0.1, -0.05) is 35.5 Å². The molecule has 3 aromatic rings. The van der Waals surface area contributed by atoms with Crippen LogP contribution < -0.4 is 10.6 Å². The Hall–Kier alpha value is -3.48. The Morgan fingerprint density at radius 1 is 1.14 bits per heavy atom. The van der Waals surface area contributed by atoms with E-state index in [0.29, 0.717) is 17.3 Å². The van der Waals surface area contributed by atoms with Crippen LogP contribution >= 0.6 is 0 Å². The average Bonchev–Trinajstić information content (AvgIpc) is 3.38. The minimum Gasteiger partial charge on any atom is -0.352 e. The maximum atomic E-state index is 12.7. The molecule has 0 atom stereocenters. The first-order valence-corrected chi connectivity index (χ1v) is 9.25. The smallest absolute Gasteiger partial charge is 0.255 e. The molecule has 0 radical (unpaired) electrons. The summed E-state index contributed by atoms with van der Waals surface area (Å²) >= 11 is 0. The van der Waals surface area contributed by atoms with E-state index in [4.69, 9.17) is 0 Å². The van der Waals surface area contributed by atoms with E-state index in [1.165, 1.54) is 4.68 Å². The third-order valence-electron chi connectivity index (χ3n) is 4.60. The van der Waals surface area contributed by atoms with E-state index in [-0.39, 0.29) is 18.4 Å². The number of anilines is 1. The first kappa shape index (κ1) is 17.9. The van der Waals surface area contributed by atoms with Gasteiger partial charge in [0.25, 0.3) is 5.91 Å². The molecule has 0 unspecified atom stereocenters. The summed E-state index contributed by atoms with van der Waals surface area (Å²) in [5.41, 5.74) is 3.58. The van der Waals surface area contributed by atoms with Crippen molar-refractivity contribution >= 4 is 17.5 Å². The van der Waals surface area contributed by atoms with Crippen molar-refractivity contribution in [3.63, 3.8) is 0 Å². The van der Waals surface area contributed by atoms with Gasteiger partial charge in [-0.15, -0.1) is 5.10 Å². The van der Waals surface area contributed by atoms with Crippen LogP contribution in [-0.4, -0.2) is 32.9 Å². The van der Waals surface area contributed by atoms with E-state index >= 15 is 0 Å². The number of benzene rings is 2. The van der Waals surface area contributed by atoms with Crippen LogP contribution in [0.1, 0.15) is 28.8 Å². The molecular formula is C21H21N5O2. The summed E-state index contributed by atoms with van der Waals surface area (Å²) in [6.45, 7) is 2.03. The van der Waals surface area contributed by atoms with Crippen molar-refractivity contribution in [3.05, 3.63) is 65.9 Å². The fourth-order valence-electron chi connectivity index (χ4n) is 2.90. The molecular weight excluding hydrogens is 354 g/mol. The molecule has 1 aromatic heterocycles. The summed E-state index contributed by atoms with van der Waals surface area (Å²) in [6, 6.07) is 15.2. The quantitative estimate of drug-likeness (QED) is 0.693. The monoisotopic (exact) mass is 375 g/mol. The van der Waals surface area contributed by atoms with Gasteiger partial charge in [0.1, 0.15) is 12.2 Å². The predicted octanol–water partition coefficient (Wildman–Crippen LogP) is 2.78. The van der Waals surface area contributed by atoms with Crippen molar-refractivity contribution in [3.8, 4) is 11.3 Å². The van der Waals surface area contributed by atoms with Gasteiger partial charge in [0.15, 0.2) is 0 Å². The molecule has 0 spiro atoms. The molecule has 2 amide bonds. The molecule has 1 saturated carbocycles. The third kappa shape index (κ3) is 4.25. The number of hydrogen-bond donors (Lipinski definition) is 2. The van der Waals surface area contributed by atoms with Gasteiger partial charge in [0.2, 0.25) is 5.91 Å². The first-order valence-electron chi connectivity index (χ1n) is 9.25. The zero-order valence-corrected chi connectivity index (χ0v) is 15.6. The maximum Gasteiger partial charge on any atom is 0.255 e. The largest absolute Gasteiger partial charge is 0.352 e. The van der Waals surface area contributed by atoms with Crippen LogP contribution in [0.5, 0.6) is 0 Å². The van der Waals surface area contributed by atoms with Crippen molar-refractivity contribution in [2.45, 2.75) is 32.4 Å². The molecule has 7 heteroatoms. The number of para-hydroxylation sites is 1. The van der Waals surface area contributed by atoms with Crippen LogP contribution in [-0.2, 0) is 11.3 Å². The number of carbonyl (C=O) groups is 2. The highest BCUT2D eigenvalue weighted by Crippen LogP contribution is 2.22. The van der Waals surface area contributed by atoms with Crippen molar-refractivity contribution in [1.82, 2.24) is 20.3 Å². The van der Waals surface area contributed by atoms with Crippen LogP contribution in [0.25, 0.3) is 11.3 Å². The van der Waals surface area contributed by atoms with E-state index < -0.39 is 0 Å². The molecule has 0 aliphatic heterocycles. The second-order valence-electron chi connectivity index (χ2n) is 6.99. The van der Waals surface area contributed by atoms with Crippen LogP contribution in [0, 0.1) is 6.92 Å². The Kier molecular flexibility index (Phi) is 4.89. The number of nitrogens with one attached hydrogen (secondary N) is 2. The highest BCUT2D eigenvalue weighted by atomic mass is 16.2. The lowest BCUT2D eigenvalue weighted by molar-refractivity contribution is -0.122. The van der Waals surface area contributed by atoms with Crippen LogP contribution in [0.15, 0.2) is 54.7 Å². The topological polar surface area (TPSA) is 88.9 Å². The maximum absolute atomic E-state index is 12.7. The van der Waals surface area contributed by atoms with Crippen molar-refractivity contribution < 1.29 is 9.59 Å². The van der Waals surface area contributed by atoms with E-state index in [0.717, 1.165) is 29.7 Å². The lowest BCUT2D eigenvalue weighted by atomic mass is 10.0. The van der Waals surface area contributed by atoms with Gasteiger partial charge in [-0.2, -0.15) is 0 Å². The second-order valence-corrected chi connectivity index (χ2v) is 6.99. The van der Waals surface area contributed by atoms with Gasteiger partial charge >= 0.3 is 0 Å².